The van der Waals surface area contributed by atoms with E-state index in [1.54, 1.807) is 59.0 Å². The number of nitrogens with zero attached hydrogens (tertiary/aromatic N) is 4. The Balaban J connectivity index is 1.45. The number of benzene rings is 1. The minimum Gasteiger partial charge on any atom is -0.465 e. The highest BCUT2D eigenvalue weighted by molar-refractivity contribution is 7.17. The Morgan fingerprint density at radius 3 is 2.75 bits per heavy atom. The van der Waals surface area contributed by atoms with Crippen molar-refractivity contribution in [2.45, 2.75) is 24.9 Å². The van der Waals surface area contributed by atoms with Crippen LogP contribution in [-0.4, -0.2) is 35.5 Å². The highest BCUT2D eigenvalue weighted by atomic mass is 32.1. The second-order valence-electron chi connectivity index (χ2n) is 6.83. The number of amides is 1. The molecule has 5 rings (SSSR count). The van der Waals surface area contributed by atoms with Gasteiger partial charge in [-0.25, -0.2) is 14.5 Å². The summed E-state index contributed by atoms with van der Waals surface area (Å²) in [6.07, 6.45) is 7.44. The first kappa shape index (κ1) is 17.0. The molecule has 4 aromatic rings. The van der Waals surface area contributed by atoms with Crippen LogP contribution >= 0.6 is 11.3 Å². The molecule has 1 atom stereocenters. The van der Waals surface area contributed by atoms with Crippen molar-refractivity contribution in [1.29, 1.82) is 0 Å². The zero-order valence-electron chi connectivity index (χ0n) is 14.7. The van der Waals surface area contributed by atoms with Crippen LogP contribution in [0.4, 0.5) is 10.5 Å². The van der Waals surface area contributed by atoms with E-state index in [0.29, 0.717) is 17.2 Å². The zero-order valence-corrected chi connectivity index (χ0v) is 15.5. The fourth-order valence-corrected chi connectivity index (χ4v) is 4.63. The van der Waals surface area contributed by atoms with Gasteiger partial charge in [-0.3, -0.25) is 9.72 Å². The van der Waals surface area contributed by atoms with E-state index in [9.17, 15) is 9.90 Å². The quantitative estimate of drug-likeness (QED) is 0.479. The van der Waals surface area contributed by atoms with Gasteiger partial charge >= 0.3 is 6.09 Å². The first-order chi connectivity index (χ1) is 13.6. The number of aliphatic hydroxyl groups is 1. The lowest BCUT2D eigenvalue weighted by molar-refractivity contribution is 0.209. The molecule has 1 aromatic carbocycles. The summed E-state index contributed by atoms with van der Waals surface area (Å²) in [5, 5.41) is 26.5. The van der Waals surface area contributed by atoms with E-state index in [4.69, 9.17) is 5.11 Å². The number of hydrogen-bond donors (Lipinski definition) is 3. The Labute approximate surface area is 163 Å². The van der Waals surface area contributed by atoms with Crippen molar-refractivity contribution in [3.63, 3.8) is 0 Å². The van der Waals surface area contributed by atoms with Crippen LogP contribution in [0.1, 0.15) is 41.0 Å². The molecule has 0 saturated heterocycles. The SMILES string of the molecule is O=C(O)Nc1ccc(-n2cc(C(O)c3c(C4CC4)sc4cncn34)cn2)cc1. The fraction of sp³-hybridized carbons (Fsp3) is 0.211. The highest BCUT2D eigenvalue weighted by Crippen LogP contribution is 2.47. The number of imidazole rings is 1. The predicted molar refractivity (Wildman–Crippen MR) is 104 cm³/mol. The van der Waals surface area contributed by atoms with Gasteiger partial charge in [-0.15, -0.1) is 11.3 Å². The van der Waals surface area contributed by atoms with Gasteiger partial charge in [0.15, 0.2) is 0 Å². The van der Waals surface area contributed by atoms with Gasteiger partial charge in [0.1, 0.15) is 17.3 Å². The highest BCUT2D eigenvalue weighted by Gasteiger charge is 2.33. The van der Waals surface area contributed by atoms with Gasteiger partial charge in [-0.2, -0.15) is 5.10 Å². The minimum atomic E-state index is -1.11. The van der Waals surface area contributed by atoms with Crippen LogP contribution in [-0.2, 0) is 0 Å². The van der Waals surface area contributed by atoms with Gasteiger partial charge < -0.3 is 10.2 Å². The second kappa shape index (κ2) is 6.47. The Morgan fingerprint density at radius 2 is 2.04 bits per heavy atom. The van der Waals surface area contributed by atoms with Gasteiger partial charge in [0.2, 0.25) is 0 Å². The van der Waals surface area contributed by atoms with Crippen LogP contribution in [0.25, 0.3) is 10.5 Å². The van der Waals surface area contributed by atoms with Crippen molar-refractivity contribution in [3.05, 3.63) is 65.3 Å². The Morgan fingerprint density at radius 1 is 1.25 bits per heavy atom. The molecule has 0 aliphatic heterocycles. The van der Waals surface area contributed by atoms with E-state index in [0.717, 1.165) is 29.1 Å². The molecule has 0 spiro atoms. The van der Waals surface area contributed by atoms with E-state index in [1.165, 1.54) is 4.88 Å². The topological polar surface area (TPSA) is 105 Å². The minimum absolute atomic E-state index is 0.485. The number of carbonyl (C=O) groups is 1. The van der Waals surface area contributed by atoms with Crippen LogP contribution in [0, 0.1) is 0 Å². The average molecular weight is 395 g/mol. The van der Waals surface area contributed by atoms with E-state index in [1.807, 2.05) is 10.6 Å². The van der Waals surface area contributed by atoms with Gasteiger partial charge in [0, 0.05) is 22.3 Å². The number of hydrogen-bond acceptors (Lipinski definition) is 5. The number of thiazole rings is 1. The molecule has 1 amide bonds. The molecule has 9 heteroatoms. The molecule has 1 aliphatic carbocycles. The molecule has 3 heterocycles. The average Bonchev–Trinajstić information content (AvgIpc) is 3.08. The largest absolute Gasteiger partial charge is 0.465 e. The van der Waals surface area contributed by atoms with Crippen molar-refractivity contribution in [1.82, 2.24) is 19.2 Å². The molecule has 28 heavy (non-hydrogen) atoms. The molecule has 1 saturated carbocycles. The summed E-state index contributed by atoms with van der Waals surface area (Å²) in [4.78, 5) is 17.2. The maximum Gasteiger partial charge on any atom is 0.409 e. The van der Waals surface area contributed by atoms with E-state index < -0.39 is 12.2 Å². The lowest BCUT2D eigenvalue weighted by Crippen LogP contribution is -2.07. The van der Waals surface area contributed by atoms with E-state index in [-0.39, 0.29) is 0 Å². The first-order valence-corrected chi connectivity index (χ1v) is 9.69. The first-order valence-electron chi connectivity index (χ1n) is 8.88. The number of nitrogens with one attached hydrogen (secondary N) is 1. The predicted octanol–water partition coefficient (Wildman–Crippen LogP) is 3.63. The Hall–Kier alpha value is -3.17. The molecule has 142 valence electrons. The van der Waals surface area contributed by atoms with Gasteiger partial charge in [-0.05, 0) is 43.0 Å². The summed E-state index contributed by atoms with van der Waals surface area (Å²) in [7, 11) is 0. The van der Waals surface area contributed by atoms with Gasteiger partial charge in [0.25, 0.3) is 0 Å². The Kier molecular flexibility index (Phi) is 3.92. The molecular weight excluding hydrogens is 378 g/mol. The van der Waals surface area contributed by atoms with Crippen LogP contribution < -0.4 is 5.32 Å². The lowest BCUT2D eigenvalue weighted by Gasteiger charge is -2.10. The number of aliphatic hydroxyl groups excluding tert-OH is 1. The second-order valence-corrected chi connectivity index (χ2v) is 7.89. The van der Waals surface area contributed by atoms with Crippen molar-refractivity contribution >= 4 is 27.9 Å². The van der Waals surface area contributed by atoms with Crippen LogP contribution in [0.3, 0.4) is 0 Å². The molecule has 1 unspecified atom stereocenters. The monoisotopic (exact) mass is 395 g/mol. The number of rotatable bonds is 5. The maximum atomic E-state index is 11.1. The molecule has 3 N–H and O–H groups in total. The number of anilines is 1. The van der Waals surface area contributed by atoms with Crippen molar-refractivity contribution in [3.8, 4) is 5.69 Å². The van der Waals surface area contributed by atoms with Crippen molar-refractivity contribution < 1.29 is 15.0 Å². The summed E-state index contributed by atoms with van der Waals surface area (Å²) < 4.78 is 3.63. The molecule has 1 fully saturated rings. The molecule has 8 nitrogen and oxygen atoms in total. The molecule has 3 aromatic heterocycles. The summed E-state index contributed by atoms with van der Waals surface area (Å²) in [5.74, 6) is 0.527. The molecular formula is C19H17N5O3S. The maximum absolute atomic E-state index is 11.1. The normalized spacial score (nSPS) is 15.0. The number of aromatic nitrogens is 4. The van der Waals surface area contributed by atoms with E-state index in [2.05, 4.69) is 15.4 Å². The zero-order chi connectivity index (χ0) is 19.3. The van der Waals surface area contributed by atoms with Crippen molar-refractivity contribution in [2.24, 2.45) is 0 Å². The Bertz CT molecular complexity index is 1160. The van der Waals surface area contributed by atoms with Gasteiger partial charge in [0.05, 0.1) is 23.8 Å². The standard InChI is InChI=1S/C19H17N5O3S/c25-17(16-18(11-1-2-11)28-15-8-20-10-23(15)16)12-7-21-24(9-12)14-5-3-13(4-6-14)22-19(26)27/h3-11,17,22,25H,1-2H2,(H,26,27). The third-order valence-corrected chi connectivity index (χ3v) is 6.11. The third-order valence-electron chi connectivity index (χ3n) is 4.84. The summed E-state index contributed by atoms with van der Waals surface area (Å²) in [6, 6.07) is 6.87. The third kappa shape index (κ3) is 2.94. The fourth-order valence-electron chi connectivity index (χ4n) is 3.33. The van der Waals surface area contributed by atoms with Crippen LogP contribution in [0.5, 0.6) is 0 Å². The van der Waals surface area contributed by atoms with Gasteiger partial charge in [-0.1, -0.05) is 0 Å². The smallest absolute Gasteiger partial charge is 0.409 e. The molecule has 1 aliphatic rings. The van der Waals surface area contributed by atoms with Crippen LogP contribution in [0.2, 0.25) is 0 Å². The number of carboxylic acid groups (broad SMARTS) is 1. The lowest BCUT2D eigenvalue weighted by atomic mass is 10.1. The summed E-state index contributed by atoms with van der Waals surface area (Å²) in [6.45, 7) is 0. The summed E-state index contributed by atoms with van der Waals surface area (Å²) >= 11 is 1.69. The summed E-state index contributed by atoms with van der Waals surface area (Å²) in [5.41, 5.74) is 2.83. The van der Waals surface area contributed by atoms with Crippen LogP contribution in [0.15, 0.2) is 49.2 Å². The molecule has 0 bridgehead atoms. The van der Waals surface area contributed by atoms with E-state index >= 15 is 0 Å². The molecule has 0 radical (unpaired) electrons. The van der Waals surface area contributed by atoms with Crippen molar-refractivity contribution in [2.75, 3.05) is 5.32 Å². The number of fused-ring (bicyclic) bond motifs is 1.